The highest BCUT2D eigenvalue weighted by molar-refractivity contribution is 6.20. The molecule has 2 N–H and O–H groups in total. The molecule has 0 aromatic rings. The van der Waals surface area contributed by atoms with E-state index in [1.54, 1.807) is 0 Å². The first-order valence-electron chi connectivity index (χ1n) is 9.77. The van der Waals surface area contributed by atoms with Gasteiger partial charge in [0, 0.05) is 11.9 Å². The zero-order valence-corrected chi connectivity index (χ0v) is 15.7. The molecule has 0 aliphatic rings. The Morgan fingerprint density at radius 1 is 0.727 bits per heavy atom. The van der Waals surface area contributed by atoms with Gasteiger partial charge in [0.15, 0.2) is 0 Å². The molecule has 0 aliphatic heterocycles. The van der Waals surface area contributed by atoms with Crippen molar-refractivity contribution in [3.05, 3.63) is 0 Å². The molecular weight excluding hydrogens is 294 g/mol. The summed E-state index contributed by atoms with van der Waals surface area (Å²) >= 11 is 6.14. The van der Waals surface area contributed by atoms with E-state index in [1.807, 2.05) is 0 Å². The van der Waals surface area contributed by atoms with Crippen molar-refractivity contribution in [3.63, 3.8) is 0 Å². The second-order valence-corrected chi connectivity index (χ2v) is 7.21. The van der Waals surface area contributed by atoms with Crippen molar-refractivity contribution in [1.82, 2.24) is 5.32 Å². The minimum Gasteiger partial charge on any atom is -0.381 e. The van der Waals surface area contributed by atoms with Crippen LogP contribution in [0.25, 0.3) is 0 Å². The summed E-state index contributed by atoms with van der Waals surface area (Å²) < 4.78 is 0. The molecule has 1 unspecified atom stereocenters. The van der Waals surface area contributed by atoms with Crippen LogP contribution in [0.1, 0.15) is 103 Å². The first-order chi connectivity index (χ1) is 10.8. The van der Waals surface area contributed by atoms with E-state index < -0.39 is 0 Å². The van der Waals surface area contributed by atoms with E-state index in [1.165, 1.54) is 89.9 Å². The first kappa shape index (κ1) is 22.2. The van der Waals surface area contributed by atoms with Crippen molar-refractivity contribution in [2.24, 2.45) is 0 Å². The zero-order chi connectivity index (χ0) is 16.3. The van der Waals surface area contributed by atoms with E-state index in [2.05, 4.69) is 12.2 Å². The minimum absolute atomic E-state index is 0.0297. The summed E-state index contributed by atoms with van der Waals surface area (Å²) in [5.41, 5.74) is 0. The molecule has 0 radical (unpaired) electrons. The van der Waals surface area contributed by atoms with Gasteiger partial charge in [0.25, 0.3) is 0 Å². The molecule has 1 atom stereocenters. The molecule has 22 heavy (non-hydrogen) atoms. The summed E-state index contributed by atoms with van der Waals surface area (Å²) in [6.07, 6.45) is 20.6. The molecule has 0 heterocycles. The second-order valence-electron chi connectivity index (χ2n) is 6.59. The van der Waals surface area contributed by atoms with Crippen LogP contribution >= 0.6 is 11.6 Å². The van der Waals surface area contributed by atoms with E-state index in [4.69, 9.17) is 16.7 Å². The number of aliphatic hydroxyl groups excluding tert-OH is 1. The van der Waals surface area contributed by atoms with Gasteiger partial charge in [-0.2, -0.15) is 0 Å². The third-order valence-corrected chi connectivity index (χ3v) is 4.72. The Kier molecular flexibility index (Phi) is 19.4. The van der Waals surface area contributed by atoms with E-state index in [9.17, 15) is 0 Å². The molecule has 0 spiro atoms. The molecule has 0 saturated heterocycles. The van der Waals surface area contributed by atoms with Crippen LogP contribution < -0.4 is 5.32 Å². The average molecular weight is 334 g/mol. The fourth-order valence-electron chi connectivity index (χ4n) is 2.88. The SMILES string of the molecule is CCCCCCCCCCCCCCCCC(Cl)CNCO. The predicted molar refractivity (Wildman–Crippen MR) is 99.7 cm³/mol. The average Bonchev–Trinajstić information content (AvgIpc) is 2.53. The second kappa shape index (κ2) is 19.3. The van der Waals surface area contributed by atoms with E-state index in [-0.39, 0.29) is 12.1 Å². The van der Waals surface area contributed by atoms with Gasteiger partial charge in [0.05, 0.1) is 6.73 Å². The van der Waals surface area contributed by atoms with Gasteiger partial charge in [-0.25, -0.2) is 0 Å². The van der Waals surface area contributed by atoms with Crippen molar-refractivity contribution in [2.75, 3.05) is 13.3 Å². The maximum atomic E-state index is 8.64. The van der Waals surface area contributed by atoms with Gasteiger partial charge in [-0.15, -0.1) is 11.6 Å². The van der Waals surface area contributed by atoms with Crippen LogP contribution in [0.4, 0.5) is 0 Å². The smallest absolute Gasteiger partial charge is 0.0932 e. The van der Waals surface area contributed by atoms with E-state index >= 15 is 0 Å². The number of hydrogen-bond donors (Lipinski definition) is 2. The highest BCUT2D eigenvalue weighted by Crippen LogP contribution is 2.14. The summed E-state index contributed by atoms with van der Waals surface area (Å²) in [5.74, 6) is 0. The van der Waals surface area contributed by atoms with Gasteiger partial charge >= 0.3 is 0 Å². The van der Waals surface area contributed by atoms with Crippen molar-refractivity contribution in [3.8, 4) is 0 Å². The molecule has 0 amide bonds. The van der Waals surface area contributed by atoms with Gasteiger partial charge in [0.2, 0.25) is 0 Å². The van der Waals surface area contributed by atoms with Gasteiger partial charge in [0.1, 0.15) is 0 Å². The minimum atomic E-state index is 0.0297. The van der Waals surface area contributed by atoms with Crippen LogP contribution in [-0.4, -0.2) is 23.8 Å². The lowest BCUT2D eigenvalue weighted by Crippen LogP contribution is -2.23. The third-order valence-electron chi connectivity index (χ3n) is 4.35. The Balaban J connectivity index is 3.02. The van der Waals surface area contributed by atoms with E-state index in [0.717, 1.165) is 13.0 Å². The first-order valence-corrected chi connectivity index (χ1v) is 10.2. The quantitative estimate of drug-likeness (QED) is 0.183. The molecular formula is C19H40ClNO. The molecule has 0 aliphatic carbocycles. The summed E-state index contributed by atoms with van der Waals surface area (Å²) in [7, 11) is 0. The van der Waals surface area contributed by atoms with Gasteiger partial charge < -0.3 is 5.11 Å². The van der Waals surface area contributed by atoms with Crippen LogP contribution in [-0.2, 0) is 0 Å². The number of unbranched alkanes of at least 4 members (excludes halogenated alkanes) is 13. The molecule has 0 saturated carbocycles. The summed E-state index contributed by atoms with van der Waals surface area (Å²) in [4.78, 5) is 0. The van der Waals surface area contributed by atoms with E-state index in [0.29, 0.717) is 0 Å². The zero-order valence-electron chi connectivity index (χ0n) is 14.9. The lowest BCUT2D eigenvalue weighted by molar-refractivity contribution is 0.260. The Morgan fingerprint density at radius 2 is 1.14 bits per heavy atom. The van der Waals surface area contributed by atoms with Crippen molar-refractivity contribution in [2.45, 2.75) is 109 Å². The maximum Gasteiger partial charge on any atom is 0.0932 e. The number of hydrogen-bond acceptors (Lipinski definition) is 2. The summed E-state index contributed by atoms with van der Waals surface area (Å²) in [5, 5.41) is 11.7. The molecule has 0 rings (SSSR count). The third kappa shape index (κ3) is 18.3. The molecule has 134 valence electrons. The lowest BCUT2D eigenvalue weighted by atomic mass is 10.0. The largest absolute Gasteiger partial charge is 0.381 e. The van der Waals surface area contributed by atoms with Crippen molar-refractivity contribution >= 4 is 11.6 Å². The number of alkyl halides is 1. The number of aliphatic hydroxyl groups is 1. The normalized spacial score (nSPS) is 12.7. The van der Waals surface area contributed by atoms with Gasteiger partial charge in [-0.3, -0.25) is 5.32 Å². The summed E-state index contributed by atoms with van der Waals surface area (Å²) in [6, 6.07) is 0. The number of nitrogens with one attached hydrogen (secondary N) is 1. The van der Waals surface area contributed by atoms with Gasteiger partial charge in [-0.1, -0.05) is 96.8 Å². The standard InChI is InChI=1S/C19H40ClNO/c1-2-3-4-5-6-7-8-9-10-11-12-13-14-15-16-19(20)17-21-18-22/h19,21-22H,2-18H2,1H3. The molecule has 0 aromatic carbocycles. The highest BCUT2D eigenvalue weighted by Gasteiger charge is 2.02. The predicted octanol–water partition coefficient (Wildman–Crippen LogP) is 6.00. The molecule has 2 nitrogen and oxygen atoms in total. The fourth-order valence-corrected chi connectivity index (χ4v) is 3.15. The fraction of sp³-hybridized carbons (Fsp3) is 1.00. The lowest BCUT2D eigenvalue weighted by Gasteiger charge is -2.09. The Labute approximate surface area is 144 Å². The van der Waals surface area contributed by atoms with Crippen LogP contribution in [0.15, 0.2) is 0 Å². The van der Waals surface area contributed by atoms with Crippen molar-refractivity contribution in [1.29, 1.82) is 0 Å². The monoisotopic (exact) mass is 333 g/mol. The Hall–Kier alpha value is 0.210. The summed E-state index contributed by atoms with van der Waals surface area (Å²) in [6.45, 7) is 3.03. The van der Waals surface area contributed by atoms with Gasteiger partial charge in [-0.05, 0) is 6.42 Å². The number of rotatable bonds is 18. The Bertz CT molecular complexity index is 202. The Morgan fingerprint density at radius 3 is 1.55 bits per heavy atom. The molecule has 0 bridgehead atoms. The van der Waals surface area contributed by atoms with Crippen molar-refractivity contribution < 1.29 is 5.11 Å². The van der Waals surface area contributed by atoms with Crippen LogP contribution in [0.5, 0.6) is 0 Å². The van der Waals surface area contributed by atoms with Crippen LogP contribution in [0.2, 0.25) is 0 Å². The molecule has 0 fully saturated rings. The topological polar surface area (TPSA) is 32.3 Å². The van der Waals surface area contributed by atoms with Crippen LogP contribution in [0, 0.1) is 0 Å². The number of halogens is 1. The highest BCUT2D eigenvalue weighted by atomic mass is 35.5. The molecule has 3 heteroatoms. The molecule has 0 aromatic heterocycles. The maximum absolute atomic E-state index is 8.64. The van der Waals surface area contributed by atoms with Crippen LogP contribution in [0.3, 0.4) is 0 Å².